The lowest BCUT2D eigenvalue weighted by Crippen LogP contribution is -2.30. The van der Waals surface area contributed by atoms with Crippen LogP contribution in [0.1, 0.15) is 380 Å². The van der Waals surface area contributed by atoms with E-state index in [0.717, 1.165) is 77.0 Å². The fraction of sp³-hybridized carbons (Fsp3) is 0.827. The summed E-state index contributed by atoms with van der Waals surface area (Å²) in [6, 6.07) is 0. The maximum atomic E-state index is 12.9. The third kappa shape index (κ3) is 67.8. The van der Waals surface area contributed by atoms with Crippen LogP contribution >= 0.6 is 0 Å². The van der Waals surface area contributed by atoms with Gasteiger partial charge in [0.15, 0.2) is 6.10 Å². The highest BCUT2D eigenvalue weighted by Crippen LogP contribution is 2.18. The summed E-state index contributed by atoms with van der Waals surface area (Å²) < 4.78 is 17.0. The SMILES string of the molecule is CCCC/C=C\CCCCCCCC(=O)OCC(COC(=O)CCCCCCCCCCCCCC/C=C\C/C=C\C/C=C\CCCCCCC)OC(=O)CCCCCCCCCCCCCCC/C=C\CCCCCCCCCC. The monoisotopic (exact) mass is 1130 g/mol. The van der Waals surface area contributed by atoms with Gasteiger partial charge in [0.2, 0.25) is 0 Å². The second-order valence-corrected chi connectivity index (χ2v) is 24.1. The number of esters is 3. The lowest BCUT2D eigenvalue weighted by Gasteiger charge is -2.18. The van der Waals surface area contributed by atoms with E-state index in [1.165, 1.54) is 263 Å². The zero-order valence-corrected chi connectivity index (χ0v) is 54.3. The Kier molecular flexibility index (Phi) is 67.1. The molecule has 0 spiro atoms. The summed E-state index contributed by atoms with van der Waals surface area (Å²) >= 11 is 0. The Morgan fingerprint density at radius 2 is 0.457 bits per heavy atom. The van der Waals surface area contributed by atoms with E-state index in [4.69, 9.17) is 14.2 Å². The first-order chi connectivity index (χ1) is 40.0. The molecule has 0 aliphatic rings. The van der Waals surface area contributed by atoms with Crippen molar-refractivity contribution < 1.29 is 28.6 Å². The summed E-state index contributed by atoms with van der Waals surface area (Å²) in [5.74, 6) is -0.865. The fourth-order valence-electron chi connectivity index (χ4n) is 10.5. The molecule has 0 heterocycles. The summed E-state index contributed by atoms with van der Waals surface area (Å²) in [4.78, 5) is 38.4. The molecular weight excluding hydrogens is 997 g/mol. The predicted octanol–water partition coefficient (Wildman–Crippen LogP) is 24.7. The first kappa shape index (κ1) is 78.1. The molecule has 0 saturated carbocycles. The average molecular weight is 1130 g/mol. The van der Waals surface area contributed by atoms with Crippen LogP contribution in [0.4, 0.5) is 0 Å². The lowest BCUT2D eigenvalue weighted by atomic mass is 10.0. The number of unbranched alkanes of at least 4 members (excludes halogenated alkanes) is 45. The second kappa shape index (κ2) is 69.6. The zero-order chi connectivity index (χ0) is 58.5. The maximum absolute atomic E-state index is 12.9. The Morgan fingerprint density at radius 3 is 0.741 bits per heavy atom. The van der Waals surface area contributed by atoms with Gasteiger partial charge in [-0.1, -0.05) is 319 Å². The third-order valence-corrected chi connectivity index (χ3v) is 16.0. The number of hydrogen-bond acceptors (Lipinski definition) is 6. The Balaban J connectivity index is 4.20. The van der Waals surface area contributed by atoms with Gasteiger partial charge in [-0.2, -0.15) is 0 Å². The molecule has 1 atom stereocenters. The summed E-state index contributed by atoms with van der Waals surface area (Å²) in [7, 11) is 0. The van der Waals surface area contributed by atoms with Gasteiger partial charge in [-0.25, -0.2) is 0 Å². The van der Waals surface area contributed by atoms with E-state index in [1.54, 1.807) is 0 Å². The van der Waals surface area contributed by atoms with Crippen LogP contribution in [0.3, 0.4) is 0 Å². The first-order valence-electron chi connectivity index (χ1n) is 35.8. The summed E-state index contributed by atoms with van der Waals surface area (Å²) in [6.45, 7) is 6.64. The maximum Gasteiger partial charge on any atom is 0.306 e. The Morgan fingerprint density at radius 1 is 0.247 bits per heavy atom. The molecule has 1 unspecified atom stereocenters. The van der Waals surface area contributed by atoms with Gasteiger partial charge in [-0.05, 0) is 103 Å². The topological polar surface area (TPSA) is 78.9 Å². The number of carbonyl (C=O) groups excluding carboxylic acids is 3. The number of allylic oxidation sites excluding steroid dienone is 10. The minimum Gasteiger partial charge on any atom is -0.462 e. The van der Waals surface area contributed by atoms with Crippen molar-refractivity contribution >= 4 is 17.9 Å². The number of ether oxygens (including phenoxy) is 3. The van der Waals surface area contributed by atoms with Gasteiger partial charge in [0, 0.05) is 19.3 Å². The molecule has 0 N–H and O–H groups in total. The second-order valence-electron chi connectivity index (χ2n) is 24.1. The van der Waals surface area contributed by atoms with Gasteiger partial charge in [0.1, 0.15) is 13.2 Å². The van der Waals surface area contributed by atoms with Crippen molar-refractivity contribution in [3.63, 3.8) is 0 Å². The van der Waals surface area contributed by atoms with Crippen LogP contribution in [-0.4, -0.2) is 37.2 Å². The molecule has 0 bridgehead atoms. The standard InChI is InChI=1S/C75H136O6/c1-4-7-10-13-16-19-22-24-26-28-30-32-34-36-37-39-40-42-44-46-48-50-53-56-59-62-65-68-74(77)80-71-72(70-79-73(76)67-64-61-58-55-52-21-18-15-12-9-6-3)81-75(78)69-66-63-60-57-54-51-49-47-45-43-41-38-35-33-31-29-27-25-23-20-17-14-11-8-5-2/h15,18,22,24,28-31,34,36,72H,4-14,16-17,19-21,23,25-27,32-33,35,37-71H2,1-3H3/b18-15-,24-22-,30-28-,31-29-,36-34-. The van der Waals surface area contributed by atoms with Crippen LogP contribution in [0.25, 0.3) is 0 Å². The van der Waals surface area contributed by atoms with E-state index in [1.807, 2.05) is 0 Å². The molecule has 0 aromatic heterocycles. The van der Waals surface area contributed by atoms with Gasteiger partial charge < -0.3 is 14.2 Å². The van der Waals surface area contributed by atoms with Crippen LogP contribution in [0.15, 0.2) is 60.8 Å². The number of rotatable bonds is 66. The Hall–Kier alpha value is -2.89. The number of carbonyl (C=O) groups is 3. The molecule has 0 rings (SSSR count). The normalized spacial score (nSPS) is 12.4. The number of hydrogen-bond donors (Lipinski definition) is 0. The minimum atomic E-state index is -0.778. The van der Waals surface area contributed by atoms with E-state index in [0.29, 0.717) is 19.3 Å². The molecule has 81 heavy (non-hydrogen) atoms. The quantitative estimate of drug-likeness (QED) is 0.0261. The summed E-state index contributed by atoms with van der Waals surface area (Å²) in [6.07, 6.45) is 89.7. The van der Waals surface area contributed by atoms with E-state index >= 15 is 0 Å². The molecule has 0 radical (unpaired) electrons. The van der Waals surface area contributed by atoms with Crippen molar-refractivity contribution in [1.29, 1.82) is 0 Å². The van der Waals surface area contributed by atoms with Crippen LogP contribution in [0.5, 0.6) is 0 Å². The molecule has 0 aromatic carbocycles. The molecule has 472 valence electrons. The van der Waals surface area contributed by atoms with E-state index in [9.17, 15) is 14.4 Å². The van der Waals surface area contributed by atoms with Gasteiger partial charge in [0.25, 0.3) is 0 Å². The molecule has 0 amide bonds. The van der Waals surface area contributed by atoms with Crippen molar-refractivity contribution in [3.05, 3.63) is 60.8 Å². The van der Waals surface area contributed by atoms with Crippen molar-refractivity contribution in [3.8, 4) is 0 Å². The van der Waals surface area contributed by atoms with Gasteiger partial charge in [0.05, 0.1) is 0 Å². The highest BCUT2D eigenvalue weighted by Gasteiger charge is 2.19. The smallest absolute Gasteiger partial charge is 0.306 e. The van der Waals surface area contributed by atoms with Crippen molar-refractivity contribution in [2.45, 2.75) is 386 Å². The van der Waals surface area contributed by atoms with Crippen LogP contribution in [0, 0.1) is 0 Å². The minimum absolute atomic E-state index is 0.0749. The molecule has 6 heteroatoms. The summed E-state index contributed by atoms with van der Waals surface area (Å²) in [5.41, 5.74) is 0. The van der Waals surface area contributed by atoms with E-state index < -0.39 is 6.10 Å². The van der Waals surface area contributed by atoms with Crippen molar-refractivity contribution in [2.24, 2.45) is 0 Å². The molecule has 0 aliphatic carbocycles. The van der Waals surface area contributed by atoms with Crippen molar-refractivity contribution in [2.75, 3.05) is 13.2 Å². The molecule has 0 aromatic rings. The predicted molar refractivity (Wildman–Crippen MR) is 353 cm³/mol. The van der Waals surface area contributed by atoms with Gasteiger partial charge in [-0.15, -0.1) is 0 Å². The molecular formula is C75H136O6. The first-order valence-corrected chi connectivity index (χ1v) is 35.8. The highest BCUT2D eigenvalue weighted by atomic mass is 16.6. The van der Waals surface area contributed by atoms with Crippen LogP contribution < -0.4 is 0 Å². The molecule has 0 fully saturated rings. The largest absolute Gasteiger partial charge is 0.462 e. The highest BCUT2D eigenvalue weighted by molar-refractivity contribution is 5.71. The van der Waals surface area contributed by atoms with Crippen LogP contribution in [0.2, 0.25) is 0 Å². The van der Waals surface area contributed by atoms with Gasteiger partial charge in [-0.3, -0.25) is 14.4 Å². The van der Waals surface area contributed by atoms with E-state index in [2.05, 4.69) is 81.5 Å². The third-order valence-electron chi connectivity index (χ3n) is 16.0. The average Bonchev–Trinajstić information content (AvgIpc) is 3.47. The molecule has 0 saturated heterocycles. The van der Waals surface area contributed by atoms with Crippen molar-refractivity contribution in [1.82, 2.24) is 0 Å². The summed E-state index contributed by atoms with van der Waals surface area (Å²) in [5, 5.41) is 0. The van der Waals surface area contributed by atoms with Gasteiger partial charge >= 0.3 is 17.9 Å². The Labute approximate surface area is 504 Å². The lowest BCUT2D eigenvalue weighted by molar-refractivity contribution is -0.167. The fourth-order valence-corrected chi connectivity index (χ4v) is 10.5. The van der Waals surface area contributed by atoms with Crippen LogP contribution in [-0.2, 0) is 28.6 Å². The zero-order valence-electron chi connectivity index (χ0n) is 54.3. The molecule has 6 nitrogen and oxygen atoms in total. The molecule has 0 aliphatic heterocycles. The van der Waals surface area contributed by atoms with E-state index in [-0.39, 0.29) is 31.1 Å². The Bertz CT molecular complexity index is 1440.